The fraction of sp³-hybridized carbons (Fsp3) is 0.105. The lowest BCUT2D eigenvalue weighted by Gasteiger charge is -2.12. The van der Waals surface area contributed by atoms with E-state index in [2.05, 4.69) is 11.2 Å². The highest BCUT2D eigenvalue weighted by Gasteiger charge is 2.16. The standard InChI is InChI=1S/C19H11F2N5O2/c20-14-4-1-11(2-5-14)13(9-22)7-12-3-6-15(8-16(12)21)26-19(28)24-18(27)17(10-23)25-26/h1-6,8,13H,7H2,(H,24,27,28). The predicted octanol–water partition coefficient (Wildman–Crippen LogP) is 1.92. The maximum absolute atomic E-state index is 14.6. The van der Waals surface area contributed by atoms with Crippen LogP contribution in [0.4, 0.5) is 8.78 Å². The number of halogens is 2. The molecule has 0 aliphatic carbocycles. The van der Waals surface area contributed by atoms with Crippen molar-refractivity contribution < 1.29 is 8.78 Å². The minimum absolute atomic E-state index is 0.00860. The maximum atomic E-state index is 14.6. The summed E-state index contributed by atoms with van der Waals surface area (Å²) in [5, 5.41) is 21.8. The number of nitrogens with one attached hydrogen (secondary N) is 1. The van der Waals surface area contributed by atoms with Crippen molar-refractivity contribution >= 4 is 0 Å². The molecule has 138 valence electrons. The lowest BCUT2D eigenvalue weighted by Crippen LogP contribution is -2.33. The number of benzene rings is 2. The third kappa shape index (κ3) is 3.69. The zero-order valence-corrected chi connectivity index (χ0v) is 14.2. The van der Waals surface area contributed by atoms with Crippen molar-refractivity contribution in [1.82, 2.24) is 14.8 Å². The Labute approximate surface area is 156 Å². The average Bonchev–Trinajstić information content (AvgIpc) is 2.68. The van der Waals surface area contributed by atoms with Crippen LogP contribution in [0.25, 0.3) is 5.69 Å². The number of nitriles is 2. The van der Waals surface area contributed by atoms with Crippen LogP contribution in [-0.2, 0) is 6.42 Å². The number of nitrogens with zero attached hydrogens (tertiary/aromatic N) is 4. The van der Waals surface area contributed by atoms with Crippen molar-refractivity contribution in [2.45, 2.75) is 12.3 Å². The summed E-state index contributed by atoms with van der Waals surface area (Å²) in [5.74, 6) is -1.83. The molecular weight excluding hydrogens is 368 g/mol. The van der Waals surface area contributed by atoms with Crippen molar-refractivity contribution in [2.24, 2.45) is 0 Å². The normalized spacial score (nSPS) is 11.4. The van der Waals surface area contributed by atoms with E-state index in [0.717, 1.165) is 6.07 Å². The zero-order chi connectivity index (χ0) is 20.3. The number of hydrogen-bond donors (Lipinski definition) is 1. The van der Waals surface area contributed by atoms with Crippen LogP contribution in [0.2, 0.25) is 0 Å². The molecule has 0 fully saturated rings. The van der Waals surface area contributed by atoms with E-state index >= 15 is 0 Å². The van der Waals surface area contributed by atoms with Gasteiger partial charge in [-0.05, 0) is 35.7 Å². The SMILES string of the molecule is N#Cc1nn(-c2ccc(CC(C#N)c3ccc(F)cc3)c(F)c2)c(=O)[nH]c1=O. The van der Waals surface area contributed by atoms with E-state index in [1.165, 1.54) is 36.4 Å². The maximum Gasteiger partial charge on any atom is 0.349 e. The fourth-order valence-electron chi connectivity index (χ4n) is 2.63. The Hall–Kier alpha value is -4.11. The average molecular weight is 379 g/mol. The molecule has 9 heteroatoms. The molecular formula is C19H11F2N5O2. The first-order valence-electron chi connectivity index (χ1n) is 8.00. The van der Waals surface area contributed by atoms with Crippen LogP contribution >= 0.6 is 0 Å². The predicted molar refractivity (Wildman–Crippen MR) is 93.6 cm³/mol. The van der Waals surface area contributed by atoms with E-state index in [4.69, 9.17) is 5.26 Å². The molecule has 0 aliphatic rings. The Morgan fingerprint density at radius 3 is 2.43 bits per heavy atom. The molecule has 1 aromatic heterocycles. The molecule has 7 nitrogen and oxygen atoms in total. The Balaban J connectivity index is 1.94. The summed E-state index contributed by atoms with van der Waals surface area (Å²) in [6.45, 7) is 0. The van der Waals surface area contributed by atoms with E-state index in [1.807, 2.05) is 4.98 Å². The molecule has 1 heterocycles. The van der Waals surface area contributed by atoms with E-state index in [0.29, 0.717) is 10.2 Å². The van der Waals surface area contributed by atoms with Gasteiger partial charge in [-0.2, -0.15) is 15.2 Å². The van der Waals surface area contributed by atoms with Gasteiger partial charge in [0.25, 0.3) is 5.56 Å². The largest absolute Gasteiger partial charge is 0.349 e. The molecule has 1 N–H and O–H groups in total. The molecule has 0 amide bonds. The van der Waals surface area contributed by atoms with Gasteiger partial charge in [0.1, 0.15) is 17.7 Å². The lowest BCUT2D eigenvalue weighted by atomic mass is 9.93. The summed E-state index contributed by atoms with van der Waals surface area (Å²) >= 11 is 0. The van der Waals surface area contributed by atoms with Crippen molar-refractivity contribution in [3.8, 4) is 17.8 Å². The van der Waals surface area contributed by atoms with Crippen LogP contribution in [0.5, 0.6) is 0 Å². The van der Waals surface area contributed by atoms with E-state index in [1.54, 1.807) is 6.07 Å². The van der Waals surface area contributed by atoms with Crippen LogP contribution < -0.4 is 11.2 Å². The molecule has 3 rings (SSSR count). The third-order valence-electron chi connectivity index (χ3n) is 4.07. The van der Waals surface area contributed by atoms with Crippen LogP contribution in [0.1, 0.15) is 22.7 Å². The molecule has 28 heavy (non-hydrogen) atoms. The van der Waals surface area contributed by atoms with Gasteiger partial charge in [-0.15, -0.1) is 5.10 Å². The van der Waals surface area contributed by atoms with Gasteiger partial charge in [-0.3, -0.25) is 9.78 Å². The van der Waals surface area contributed by atoms with E-state index in [-0.39, 0.29) is 17.7 Å². The summed E-state index contributed by atoms with van der Waals surface area (Å²) in [6.07, 6.45) is 0.0334. The quantitative estimate of drug-likeness (QED) is 0.744. The van der Waals surface area contributed by atoms with E-state index < -0.39 is 34.5 Å². The number of aromatic nitrogens is 3. The smallest absolute Gasteiger partial charge is 0.270 e. The highest BCUT2D eigenvalue weighted by atomic mass is 19.1. The highest BCUT2D eigenvalue weighted by Crippen LogP contribution is 2.23. The van der Waals surface area contributed by atoms with Crippen molar-refractivity contribution in [3.63, 3.8) is 0 Å². The van der Waals surface area contributed by atoms with Gasteiger partial charge in [-0.25, -0.2) is 13.6 Å². The number of rotatable bonds is 4. The number of hydrogen-bond acceptors (Lipinski definition) is 5. The number of aromatic amines is 1. The topological polar surface area (TPSA) is 115 Å². The molecule has 0 saturated heterocycles. The lowest BCUT2D eigenvalue weighted by molar-refractivity contribution is 0.599. The molecule has 1 unspecified atom stereocenters. The van der Waals surface area contributed by atoms with E-state index in [9.17, 15) is 23.6 Å². The van der Waals surface area contributed by atoms with Crippen LogP contribution in [0, 0.1) is 34.3 Å². The molecule has 0 radical (unpaired) electrons. The van der Waals surface area contributed by atoms with Crippen LogP contribution in [0.3, 0.4) is 0 Å². The van der Waals surface area contributed by atoms with Crippen molar-refractivity contribution in [1.29, 1.82) is 10.5 Å². The minimum atomic E-state index is -0.933. The second-order valence-corrected chi connectivity index (χ2v) is 5.84. The molecule has 1 atom stereocenters. The third-order valence-corrected chi connectivity index (χ3v) is 4.07. The van der Waals surface area contributed by atoms with Crippen LogP contribution in [-0.4, -0.2) is 14.8 Å². The molecule has 0 spiro atoms. The van der Waals surface area contributed by atoms with Gasteiger partial charge < -0.3 is 0 Å². The minimum Gasteiger partial charge on any atom is -0.270 e. The highest BCUT2D eigenvalue weighted by molar-refractivity contribution is 5.37. The van der Waals surface area contributed by atoms with Crippen molar-refractivity contribution in [2.75, 3.05) is 0 Å². The molecule has 0 bridgehead atoms. The van der Waals surface area contributed by atoms with Gasteiger partial charge in [0.15, 0.2) is 0 Å². The Morgan fingerprint density at radius 1 is 1.11 bits per heavy atom. The first kappa shape index (κ1) is 18.7. The molecule has 3 aromatic rings. The second kappa shape index (κ2) is 7.64. The summed E-state index contributed by atoms with van der Waals surface area (Å²) in [6, 6.07) is 12.7. The van der Waals surface area contributed by atoms with Gasteiger partial charge >= 0.3 is 5.69 Å². The first-order chi connectivity index (χ1) is 13.4. The van der Waals surface area contributed by atoms with Gasteiger partial charge in [0.2, 0.25) is 5.69 Å². The molecule has 0 saturated carbocycles. The molecule has 0 aliphatic heterocycles. The summed E-state index contributed by atoms with van der Waals surface area (Å²) in [4.78, 5) is 25.2. The molecule has 2 aromatic carbocycles. The van der Waals surface area contributed by atoms with Gasteiger partial charge in [-0.1, -0.05) is 18.2 Å². The fourth-order valence-corrected chi connectivity index (χ4v) is 2.63. The Kier molecular flexibility index (Phi) is 5.10. The van der Waals surface area contributed by atoms with Crippen LogP contribution in [0.15, 0.2) is 52.1 Å². The second-order valence-electron chi connectivity index (χ2n) is 5.84. The summed E-state index contributed by atoms with van der Waals surface area (Å²) in [7, 11) is 0. The summed E-state index contributed by atoms with van der Waals surface area (Å²) in [5.41, 5.74) is -1.63. The Bertz CT molecular complexity index is 1230. The summed E-state index contributed by atoms with van der Waals surface area (Å²) < 4.78 is 28.3. The Morgan fingerprint density at radius 2 is 1.82 bits per heavy atom. The van der Waals surface area contributed by atoms with Gasteiger partial charge in [0, 0.05) is 6.07 Å². The number of H-pyrrole nitrogens is 1. The van der Waals surface area contributed by atoms with Gasteiger partial charge in [0.05, 0.1) is 17.7 Å². The first-order valence-corrected chi connectivity index (χ1v) is 8.00. The van der Waals surface area contributed by atoms with Crippen molar-refractivity contribution in [3.05, 3.63) is 91.8 Å². The monoisotopic (exact) mass is 379 g/mol. The zero-order valence-electron chi connectivity index (χ0n) is 14.2.